The van der Waals surface area contributed by atoms with Crippen LogP contribution >= 0.6 is 11.6 Å². The van der Waals surface area contributed by atoms with Crippen molar-refractivity contribution in [2.45, 2.75) is 45.1 Å². The van der Waals surface area contributed by atoms with Crippen LogP contribution < -0.4 is 0 Å². The van der Waals surface area contributed by atoms with Crippen molar-refractivity contribution in [1.29, 1.82) is 0 Å². The summed E-state index contributed by atoms with van der Waals surface area (Å²) >= 11 is 6.39. The van der Waals surface area contributed by atoms with E-state index in [2.05, 4.69) is 17.3 Å². The van der Waals surface area contributed by atoms with Gasteiger partial charge in [-0.25, -0.2) is 0 Å². The summed E-state index contributed by atoms with van der Waals surface area (Å²) < 4.78 is 1.70. The van der Waals surface area contributed by atoms with Gasteiger partial charge in [-0.1, -0.05) is 23.8 Å². The summed E-state index contributed by atoms with van der Waals surface area (Å²) in [6, 6.07) is 0.101. The first kappa shape index (κ1) is 14.6. The summed E-state index contributed by atoms with van der Waals surface area (Å²) in [5, 5.41) is 5.05. The van der Waals surface area contributed by atoms with Gasteiger partial charge in [0.1, 0.15) is 5.15 Å². The van der Waals surface area contributed by atoms with Crippen LogP contribution in [0.1, 0.15) is 49.4 Å². The minimum absolute atomic E-state index is 0.101. The normalized spacial score (nSPS) is 25.0. The third kappa shape index (κ3) is 2.73. The van der Waals surface area contributed by atoms with Gasteiger partial charge in [-0.15, -0.1) is 0 Å². The van der Waals surface area contributed by atoms with Gasteiger partial charge >= 0.3 is 0 Å². The van der Waals surface area contributed by atoms with Crippen LogP contribution in [-0.2, 0) is 11.8 Å². The predicted octanol–water partition coefficient (Wildman–Crippen LogP) is 3.40. The van der Waals surface area contributed by atoms with E-state index in [4.69, 9.17) is 11.6 Å². The highest BCUT2D eigenvalue weighted by atomic mass is 35.5. The zero-order valence-corrected chi connectivity index (χ0v) is 13.4. The van der Waals surface area contributed by atoms with E-state index in [-0.39, 0.29) is 11.9 Å². The molecular weight excluding hydrogens is 286 g/mol. The minimum atomic E-state index is 0.101. The third-order valence-electron chi connectivity index (χ3n) is 4.65. The second-order valence-corrected chi connectivity index (χ2v) is 6.49. The van der Waals surface area contributed by atoms with Crippen molar-refractivity contribution in [1.82, 2.24) is 14.7 Å². The fourth-order valence-electron chi connectivity index (χ4n) is 3.60. The number of likely N-dealkylation sites (tertiary alicyclic amines) is 1. The van der Waals surface area contributed by atoms with E-state index in [9.17, 15) is 4.79 Å². The zero-order valence-electron chi connectivity index (χ0n) is 12.7. The molecule has 0 spiro atoms. The lowest BCUT2D eigenvalue weighted by Crippen LogP contribution is -2.31. The second-order valence-electron chi connectivity index (χ2n) is 6.13. The van der Waals surface area contributed by atoms with Crippen LogP contribution in [0.2, 0.25) is 5.15 Å². The van der Waals surface area contributed by atoms with Crippen molar-refractivity contribution in [3.8, 4) is 0 Å². The number of hydrogen-bond acceptors (Lipinski definition) is 2. The first-order chi connectivity index (χ1) is 10.1. The van der Waals surface area contributed by atoms with E-state index >= 15 is 0 Å². The monoisotopic (exact) mass is 307 g/mol. The lowest BCUT2D eigenvalue weighted by molar-refractivity contribution is -0.132. The summed E-state index contributed by atoms with van der Waals surface area (Å²) in [4.78, 5) is 14.7. The van der Waals surface area contributed by atoms with E-state index in [1.165, 1.54) is 0 Å². The summed E-state index contributed by atoms with van der Waals surface area (Å²) in [5.74, 6) is 0.678. The molecule has 2 atom stereocenters. The molecule has 2 aliphatic rings. The highest BCUT2D eigenvalue weighted by Gasteiger charge is 2.34. The van der Waals surface area contributed by atoms with E-state index < -0.39 is 0 Å². The summed E-state index contributed by atoms with van der Waals surface area (Å²) in [7, 11) is 1.85. The Morgan fingerprint density at radius 1 is 1.48 bits per heavy atom. The molecule has 0 unspecified atom stereocenters. The molecule has 1 fully saturated rings. The molecular formula is C16H22ClN3O. The van der Waals surface area contributed by atoms with Crippen molar-refractivity contribution in [3.05, 3.63) is 28.6 Å². The van der Waals surface area contributed by atoms with Crippen LogP contribution in [0.4, 0.5) is 0 Å². The Morgan fingerprint density at radius 3 is 2.90 bits per heavy atom. The summed E-state index contributed by atoms with van der Waals surface area (Å²) in [6.45, 7) is 2.81. The second kappa shape index (κ2) is 5.84. The molecule has 1 aliphatic heterocycles. The number of rotatable bonds is 3. The summed E-state index contributed by atoms with van der Waals surface area (Å²) in [6.07, 6.45) is 9.24. The topological polar surface area (TPSA) is 38.1 Å². The molecule has 5 heteroatoms. The lowest BCUT2D eigenvalue weighted by atomic mass is 10.0. The van der Waals surface area contributed by atoms with Crippen LogP contribution in [0.5, 0.6) is 0 Å². The van der Waals surface area contributed by atoms with Gasteiger partial charge in [-0.05, 0) is 38.5 Å². The third-order valence-corrected chi connectivity index (χ3v) is 5.10. The largest absolute Gasteiger partial charge is 0.335 e. The molecule has 21 heavy (non-hydrogen) atoms. The van der Waals surface area contributed by atoms with Gasteiger partial charge in [0.2, 0.25) is 5.91 Å². The fraction of sp³-hybridized carbons (Fsp3) is 0.625. The number of nitrogens with zero attached hydrogens (tertiary/aromatic N) is 3. The number of carbonyl (C=O) groups excluding carboxylic acids is 1. The Bertz CT molecular complexity index is 578. The van der Waals surface area contributed by atoms with Gasteiger partial charge in [0.25, 0.3) is 0 Å². The van der Waals surface area contributed by atoms with Gasteiger partial charge in [0.15, 0.2) is 0 Å². The number of hydrogen-bond donors (Lipinski definition) is 0. The number of halogens is 1. The van der Waals surface area contributed by atoms with Crippen LogP contribution in [0.15, 0.2) is 12.2 Å². The van der Waals surface area contributed by atoms with E-state index in [0.717, 1.165) is 43.5 Å². The average molecular weight is 308 g/mol. The highest BCUT2D eigenvalue weighted by molar-refractivity contribution is 6.30. The van der Waals surface area contributed by atoms with Crippen LogP contribution in [0, 0.1) is 12.8 Å². The highest BCUT2D eigenvalue weighted by Crippen LogP contribution is 2.38. The maximum atomic E-state index is 12.6. The molecule has 1 aromatic rings. The molecule has 0 bridgehead atoms. The van der Waals surface area contributed by atoms with Gasteiger partial charge in [0.05, 0.1) is 11.7 Å². The number of amides is 1. The Labute approximate surface area is 130 Å². The number of aromatic nitrogens is 2. The molecule has 1 saturated heterocycles. The zero-order chi connectivity index (χ0) is 15.0. The maximum absolute atomic E-state index is 12.6. The van der Waals surface area contributed by atoms with Crippen molar-refractivity contribution < 1.29 is 4.79 Å². The molecule has 1 amide bonds. The molecule has 3 rings (SSSR count). The standard InChI is InChI=1S/C16H22ClN3O/c1-11-15(16(17)19(2)18-11)13-8-5-9-20(13)14(21)10-12-6-3-4-7-12/h3,6,12-13H,4-5,7-10H2,1-2H3/t12-,13-/m1/s1. The van der Waals surface area contributed by atoms with Gasteiger partial charge < -0.3 is 4.90 Å². The average Bonchev–Trinajstić information content (AvgIpc) is 3.13. The Hall–Kier alpha value is -1.29. The molecule has 1 aromatic heterocycles. The van der Waals surface area contributed by atoms with Crippen molar-refractivity contribution >= 4 is 17.5 Å². The quantitative estimate of drug-likeness (QED) is 0.803. The number of carbonyl (C=O) groups is 1. The minimum Gasteiger partial charge on any atom is -0.335 e. The molecule has 0 aromatic carbocycles. The van der Waals surface area contributed by atoms with E-state index in [0.29, 0.717) is 17.5 Å². The summed E-state index contributed by atoms with van der Waals surface area (Å²) in [5.41, 5.74) is 1.97. The van der Waals surface area contributed by atoms with Crippen molar-refractivity contribution in [2.75, 3.05) is 6.54 Å². The predicted molar refractivity (Wildman–Crippen MR) is 83.1 cm³/mol. The van der Waals surface area contributed by atoms with Crippen molar-refractivity contribution in [2.24, 2.45) is 13.0 Å². The Balaban J connectivity index is 1.78. The first-order valence-electron chi connectivity index (χ1n) is 7.73. The number of allylic oxidation sites excluding steroid dienone is 2. The first-order valence-corrected chi connectivity index (χ1v) is 8.11. The van der Waals surface area contributed by atoms with Crippen LogP contribution in [-0.4, -0.2) is 27.1 Å². The SMILES string of the molecule is Cc1nn(C)c(Cl)c1[C@H]1CCCN1C(=O)C[C@@H]1C=CCC1. The molecule has 0 N–H and O–H groups in total. The molecule has 4 nitrogen and oxygen atoms in total. The van der Waals surface area contributed by atoms with Gasteiger partial charge in [0, 0.05) is 25.6 Å². The maximum Gasteiger partial charge on any atom is 0.223 e. The van der Waals surface area contributed by atoms with Crippen molar-refractivity contribution in [3.63, 3.8) is 0 Å². The van der Waals surface area contributed by atoms with Crippen LogP contribution in [0.3, 0.4) is 0 Å². The Kier molecular flexibility index (Phi) is 4.07. The van der Waals surface area contributed by atoms with E-state index in [1.54, 1.807) is 4.68 Å². The molecule has 114 valence electrons. The molecule has 1 aliphatic carbocycles. The molecule has 2 heterocycles. The number of aryl methyl sites for hydroxylation is 2. The fourth-order valence-corrected chi connectivity index (χ4v) is 3.90. The lowest BCUT2D eigenvalue weighted by Gasteiger charge is -2.26. The Morgan fingerprint density at radius 2 is 2.29 bits per heavy atom. The molecule has 0 saturated carbocycles. The van der Waals surface area contributed by atoms with Gasteiger partial charge in [-0.2, -0.15) is 5.10 Å². The molecule has 0 radical (unpaired) electrons. The van der Waals surface area contributed by atoms with Crippen LogP contribution in [0.25, 0.3) is 0 Å². The smallest absolute Gasteiger partial charge is 0.223 e. The van der Waals surface area contributed by atoms with Gasteiger partial charge in [-0.3, -0.25) is 9.48 Å². The van der Waals surface area contributed by atoms with E-state index in [1.807, 2.05) is 18.9 Å².